The molecule has 1 aliphatic heterocycles. The maximum Gasteiger partial charge on any atom is 0.178 e. The smallest absolute Gasteiger partial charge is 0.178 e. The Morgan fingerprint density at radius 3 is 2.10 bits per heavy atom. The number of piperazine rings is 1. The van der Waals surface area contributed by atoms with Crippen LogP contribution in [0.15, 0.2) is 54.6 Å². The molecular formula is C26H31N3O2. The molecule has 1 aliphatic rings. The van der Waals surface area contributed by atoms with Gasteiger partial charge in [0.1, 0.15) is 5.75 Å². The van der Waals surface area contributed by atoms with Crippen molar-refractivity contribution in [3.05, 3.63) is 77.1 Å². The van der Waals surface area contributed by atoms with E-state index >= 15 is 0 Å². The summed E-state index contributed by atoms with van der Waals surface area (Å²) in [4.78, 5) is 17.8. The minimum absolute atomic E-state index is 0.198. The topological polar surface area (TPSA) is 37.7 Å². The van der Waals surface area contributed by atoms with E-state index in [1.807, 2.05) is 25.1 Å². The summed E-state index contributed by atoms with van der Waals surface area (Å²) in [5.41, 5.74) is 6.48. The largest absolute Gasteiger partial charge is 0.497 e. The SMILES string of the molecule is COc1ccc(N2CCN(CC(=O)c3cc(C)n(-c4ccc(C)cc4)c3C)CC2)cc1. The van der Waals surface area contributed by atoms with Crippen LogP contribution in [-0.4, -0.2) is 55.1 Å². The Kier molecular flexibility index (Phi) is 6.14. The minimum atomic E-state index is 0.198. The second kappa shape index (κ2) is 8.98. The van der Waals surface area contributed by atoms with Gasteiger partial charge in [-0.2, -0.15) is 0 Å². The summed E-state index contributed by atoms with van der Waals surface area (Å²) >= 11 is 0. The Bertz CT molecular complexity index is 1040. The van der Waals surface area contributed by atoms with Gasteiger partial charge < -0.3 is 14.2 Å². The van der Waals surface area contributed by atoms with Crippen molar-refractivity contribution in [2.75, 3.05) is 44.7 Å². The van der Waals surface area contributed by atoms with Gasteiger partial charge in [-0.15, -0.1) is 0 Å². The number of benzene rings is 2. The highest BCUT2D eigenvalue weighted by molar-refractivity contribution is 5.99. The van der Waals surface area contributed by atoms with Crippen LogP contribution in [0.4, 0.5) is 5.69 Å². The zero-order chi connectivity index (χ0) is 22.0. The third kappa shape index (κ3) is 4.52. The molecule has 4 rings (SSSR count). The molecule has 3 aromatic rings. The van der Waals surface area contributed by atoms with Gasteiger partial charge in [0.15, 0.2) is 5.78 Å². The highest BCUT2D eigenvalue weighted by Gasteiger charge is 2.22. The molecule has 0 unspecified atom stereocenters. The molecule has 0 atom stereocenters. The number of Topliss-reactive ketones (excluding diaryl/α,β-unsaturated/α-hetero) is 1. The second-order valence-electron chi connectivity index (χ2n) is 8.34. The fraction of sp³-hybridized carbons (Fsp3) is 0.346. The quantitative estimate of drug-likeness (QED) is 0.557. The normalized spacial score (nSPS) is 14.6. The Labute approximate surface area is 184 Å². The predicted octanol–water partition coefficient (Wildman–Crippen LogP) is 4.42. The molecule has 0 radical (unpaired) electrons. The van der Waals surface area contributed by atoms with Crippen LogP contribution in [0, 0.1) is 20.8 Å². The summed E-state index contributed by atoms with van der Waals surface area (Å²) in [6.45, 7) is 10.3. The van der Waals surface area contributed by atoms with Gasteiger partial charge in [0.05, 0.1) is 13.7 Å². The summed E-state index contributed by atoms with van der Waals surface area (Å²) in [5.74, 6) is 1.07. The molecule has 162 valence electrons. The molecule has 2 aromatic carbocycles. The number of anilines is 1. The molecular weight excluding hydrogens is 386 g/mol. The van der Waals surface area contributed by atoms with Crippen molar-refractivity contribution in [3.8, 4) is 11.4 Å². The number of carbonyl (C=O) groups excluding carboxylic acids is 1. The number of aryl methyl sites for hydroxylation is 2. The zero-order valence-corrected chi connectivity index (χ0v) is 18.9. The van der Waals surface area contributed by atoms with Gasteiger partial charge >= 0.3 is 0 Å². The fourth-order valence-corrected chi connectivity index (χ4v) is 4.38. The van der Waals surface area contributed by atoms with Crippen LogP contribution in [-0.2, 0) is 0 Å². The average molecular weight is 418 g/mol. The lowest BCUT2D eigenvalue weighted by atomic mass is 10.1. The van der Waals surface area contributed by atoms with Crippen LogP contribution in [0.3, 0.4) is 0 Å². The van der Waals surface area contributed by atoms with E-state index in [0.29, 0.717) is 6.54 Å². The Morgan fingerprint density at radius 1 is 0.871 bits per heavy atom. The van der Waals surface area contributed by atoms with E-state index in [4.69, 9.17) is 4.74 Å². The summed E-state index contributed by atoms with van der Waals surface area (Å²) in [7, 11) is 1.68. The van der Waals surface area contributed by atoms with Crippen molar-refractivity contribution in [2.24, 2.45) is 0 Å². The maximum absolute atomic E-state index is 13.1. The number of ketones is 1. The maximum atomic E-state index is 13.1. The number of methoxy groups -OCH3 is 1. The first-order valence-corrected chi connectivity index (χ1v) is 10.9. The predicted molar refractivity (Wildman–Crippen MR) is 126 cm³/mol. The van der Waals surface area contributed by atoms with Crippen molar-refractivity contribution in [2.45, 2.75) is 20.8 Å². The van der Waals surface area contributed by atoms with Gasteiger partial charge in [0.2, 0.25) is 0 Å². The van der Waals surface area contributed by atoms with E-state index in [2.05, 4.69) is 64.6 Å². The van der Waals surface area contributed by atoms with Crippen LogP contribution >= 0.6 is 0 Å². The van der Waals surface area contributed by atoms with Gasteiger partial charge in [0.25, 0.3) is 0 Å². The standard InChI is InChI=1S/C26H31N3O2/c1-19-5-7-23(8-6-19)29-20(2)17-25(21(29)3)26(30)18-27-13-15-28(16-14-27)22-9-11-24(31-4)12-10-22/h5-12,17H,13-16,18H2,1-4H3. The summed E-state index contributed by atoms with van der Waals surface area (Å²) in [6, 6.07) is 18.7. The molecule has 1 aromatic heterocycles. The molecule has 2 heterocycles. The highest BCUT2D eigenvalue weighted by atomic mass is 16.5. The minimum Gasteiger partial charge on any atom is -0.497 e. The molecule has 0 N–H and O–H groups in total. The van der Waals surface area contributed by atoms with E-state index in [1.165, 1.54) is 11.3 Å². The molecule has 1 fully saturated rings. The number of hydrogen-bond donors (Lipinski definition) is 0. The van der Waals surface area contributed by atoms with E-state index in [-0.39, 0.29) is 5.78 Å². The van der Waals surface area contributed by atoms with E-state index in [0.717, 1.165) is 54.6 Å². The van der Waals surface area contributed by atoms with Crippen LogP contribution in [0.25, 0.3) is 5.69 Å². The van der Waals surface area contributed by atoms with Gasteiger partial charge in [-0.05, 0) is 63.2 Å². The first kappa shape index (κ1) is 21.2. The highest BCUT2D eigenvalue weighted by Crippen LogP contribution is 2.23. The number of rotatable bonds is 6. The lowest BCUT2D eigenvalue weighted by Gasteiger charge is -2.35. The Morgan fingerprint density at radius 2 is 1.48 bits per heavy atom. The van der Waals surface area contributed by atoms with Crippen molar-refractivity contribution >= 4 is 11.5 Å². The number of hydrogen-bond acceptors (Lipinski definition) is 4. The van der Waals surface area contributed by atoms with Crippen LogP contribution in [0.1, 0.15) is 27.3 Å². The van der Waals surface area contributed by atoms with Crippen molar-refractivity contribution in [1.82, 2.24) is 9.47 Å². The van der Waals surface area contributed by atoms with Gasteiger partial charge in [-0.25, -0.2) is 0 Å². The molecule has 0 spiro atoms. The number of carbonyl (C=O) groups is 1. The summed E-state index contributed by atoms with van der Waals surface area (Å²) in [5, 5.41) is 0. The fourth-order valence-electron chi connectivity index (χ4n) is 4.38. The summed E-state index contributed by atoms with van der Waals surface area (Å²) in [6.07, 6.45) is 0. The molecule has 1 saturated heterocycles. The first-order valence-electron chi connectivity index (χ1n) is 10.9. The van der Waals surface area contributed by atoms with Crippen LogP contribution < -0.4 is 9.64 Å². The molecule has 0 amide bonds. The lowest BCUT2D eigenvalue weighted by molar-refractivity contribution is 0.0926. The van der Waals surface area contributed by atoms with E-state index in [1.54, 1.807) is 7.11 Å². The van der Waals surface area contributed by atoms with Gasteiger partial charge in [-0.1, -0.05) is 17.7 Å². The molecule has 5 heteroatoms. The Hall–Kier alpha value is -3.05. The first-order chi connectivity index (χ1) is 15.0. The van der Waals surface area contributed by atoms with Gasteiger partial charge in [0, 0.05) is 54.5 Å². The second-order valence-corrected chi connectivity index (χ2v) is 8.34. The Balaban J connectivity index is 1.40. The monoisotopic (exact) mass is 417 g/mol. The molecule has 0 bridgehead atoms. The van der Waals surface area contributed by atoms with Crippen molar-refractivity contribution in [3.63, 3.8) is 0 Å². The van der Waals surface area contributed by atoms with Crippen molar-refractivity contribution in [1.29, 1.82) is 0 Å². The third-order valence-corrected chi connectivity index (χ3v) is 6.20. The van der Waals surface area contributed by atoms with E-state index < -0.39 is 0 Å². The molecule has 0 aliphatic carbocycles. The van der Waals surface area contributed by atoms with Crippen LogP contribution in [0.5, 0.6) is 5.75 Å². The third-order valence-electron chi connectivity index (χ3n) is 6.20. The lowest BCUT2D eigenvalue weighted by Crippen LogP contribution is -2.48. The summed E-state index contributed by atoms with van der Waals surface area (Å²) < 4.78 is 7.42. The number of aromatic nitrogens is 1. The van der Waals surface area contributed by atoms with Crippen molar-refractivity contribution < 1.29 is 9.53 Å². The molecule has 5 nitrogen and oxygen atoms in total. The average Bonchev–Trinajstić information content (AvgIpc) is 3.09. The molecule has 31 heavy (non-hydrogen) atoms. The molecule has 0 saturated carbocycles. The van der Waals surface area contributed by atoms with Gasteiger partial charge in [-0.3, -0.25) is 9.69 Å². The van der Waals surface area contributed by atoms with Crippen LogP contribution in [0.2, 0.25) is 0 Å². The van der Waals surface area contributed by atoms with E-state index in [9.17, 15) is 4.79 Å². The number of nitrogens with zero attached hydrogens (tertiary/aromatic N) is 3. The zero-order valence-electron chi connectivity index (χ0n) is 18.9. The number of ether oxygens (including phenoxy) is 1.